The molecule has 15 heteroatoms. The van der Waals surface area contributed by atoms with Gasteiger partial charge in [-0.15, -0.1) is 0 Å². The van der Waals surface area contributed by atoms with Crippen molar-refractivity contribution in [3.8, 4) is 5.75 Å². The number of amides is 4. The van der Waals surface area contributed by atoms with Gasteiger partial charge in [-0.05, 0) is 49.8 Å². The van der Waals surface area contributed by atoms with Crippen molar-refractivity contribution in [1.29, 1.82) is 0 Å². The second-order valence-electron chi connectivity index (χ2n) is 8.81. The molecular weight excluding hydrogens is 588 g/mol. The molecule has 2 aliphatic heterocycles. The molecule has 2 aromatic rings. The van der Waals surface area contributed by atoms with Gasteiger partial charge in [0.15, 0.2) is 5.75 Å². The van der Waals surface area contributed by atoms with Crippen LogP contribution in [0.4, 0.5) is 16.2 Å². The minimum Gasteiger partial charge on any atom is -0.748 e. The van der Waals surface area contributed by atoms with E-state index >= 15 is 0 Å². The van der Waals surface area contributed by atoms with E-state index in [1.165, 1.54) is 37.3 Å². The Labute approximate surface area is 286 Å². The zero-order valence-corrected chi connectivity index (χ0v) is 27.9. The molecule has 1 saturated heterocycles. The van der Waals surface area contributed by atoms with Gasteiger partial charge >= 0.3 is 65.1 Å². The van der Waals surface area contributed by atoms with Crippen LogP contribution in [0.5, 0.6) is 5.75 Å². The van der Waals surface area contributed by atoms with Crippen LogP contribution in [-0.4, -0.2) is 60.0 Å². The van der Waals surface area contributed by atoms with E-state index in [9.17, 15) is 37.3 Å². The fourth-order valence-electron chi connectivity index (χ4n) is 4.02. The number of carboxylic acid groups (broad SMARTS) is 1. The van der Waals surface area contributed by atoms with E-state index in [4.69, 9.17) is 4.74 Å². The number of nitrogens with zero attached hydrogens (tertiary/aromatic N) is 3. The van der Waals surface area contributed by atoms with Gasteiger partial charge in [-0.3, -0.25) is 14.5 Å². The first kappa shape index (κ1) is 35.4. The van der Waals surface area contributed by atoms with Crippen LogP contribution in [0.2, 0.25) is 0 Å². The van der Waals surface area contributed by atoms with Gasteiger partial charge in [0, 0.05) is 11.8 Å². The Bertz CT molecular complexity index is 1560. The van der Waals surface area contributed by atoms with Crippen LogP contribution >= 0.6 is 0 Å². The van der Waals surface area contributed by atoms with Gasteiger partial charge in [-0.25, -0.2) is 18.1 Å². The summed E-state index contributed by atoms with van der Waals surface area (Å²) in [5.41, 5.74) is 0.345. The molecule has 2 aliphatic rings. The van der Waals surface area contributed by atoms with Gasteiger partial charge in [-0.2, -0.15) is 0 Å². The summed E-state index contributed by atoms with van der Waals surface area (Å²) < 4.78 is 39.9. The Kier molecular flexibility index (Phi) is 12.8. The predicted molar refractivity (Wildman–Crippen MR) is 140 cm³/mol. The van der Waals surface area contributed by atoms with Gasteiger partial charge in [-0.1, -0.05) is 42.5 Å². The third-order valence-corrected chi connectivity index (χ3v) is 7.36. The molecule has 0 saturated carbocycles. The number of carbonyl (C=O) groups excluding carboxylic acids is 4. The van der Waals surface area contributed by atoms with Gasteiger partial charge < -0.3 is 24.1 Å². The number of fused-ring (bicyclic) bond motifs is 1. The second kappa shape index (κ2) is 15.1. The predicted octanol–water partition coefficient (Wildman–Crippen LogP) is -4.71. The molecule has 0 N–H and O–H groups in total. The van der Waals surface area contributed by atoms with Gasteiger partial charge in [0.05, 0.1) is 34.0 Å². The van der Waals surface area contributed by atoms with Gasteiger partial charge in [0.2, 0.25) is 5.88 Å². The molecule has 4 amide bonds. The number of anilines is 2. The summed E-state index contributed by atoms with van der Waals surface area (Å²) in [7, 11) is -4.47. The molecule has 1 unspecified atom stereocenters. The summed E-state index contributed by atoms with van der Waals surface area (Å²) in [6.07, 6.45) is 5.47. The van der Waals surface area contributed by atoms with Crippen LogP contribution < -0.4 is 78.8 Å². The Morgan fingerprint density at radius 1 is 0.929 bits per heavy atom. The van der Waals surface area contributed by atoms with Crippen molar-refractivity contribution in [1.82, 2.24) is 4.90 Å². The normalized spacial score (nSPS) is 17.7. The molecule has 1 fully saturated rings. The molecule has 42 heavy (non-hydrogen) atoms. The monoisotopic (exact) mass is 611 g/mol. The minimum absolute atomic E-state index is 0. The van der Waals surface area contributed by atoms with E-state index in [1.54, 1.807) is 47.4 Å². The first-order valence-electron chi connectivity index (χ1n) is 12.0. The largest absolute Gasteiger partial charge is 1.00 e. The maximum absolute atomic E-state index is 13.1. The SMILES string of the molecule is CC(CCN1/C(=C/C=C/C=C2\C(=O)N(CC(=O)[O-])C(=O)N(c3ccccc3)C2=O)Oc2ccccc21)S(=O)(=O)[O-].[Na+].[Na+]. The van der Waals surface area contributed by atoms with Crippen LogP contribution in [0.1, 0.15) is 13.3 Å². The van der Waals surface area contributed by atoms with Crippen molar-refractivity contribution in [3.05, 3.63) is 90.4 Å². The Morgan fingerprint density at radius 3 is 2.19 bits per heavy atom. The summed E-state index contributed by atoms with van der Waals surface area (Å²) in [6, 6.07) is 13.6. The molecule has 0 bridgehead atoms. The summed E-state index contributed by atoms with van der Waals surface area (Å²) in [4.78, 5) is 52.8. The Balaban J connectivity index is 0.00000308. The summed E-state index contributed by atoms with van der Waals surface area (Å²) in [6.45, 7) is 0.438. The maximum atomic E-state index is 13.1. The molecule has 0 aliphatic carbocycles. The number of rotatable bonds is 9. The number of carbonyl (C=O) groups is 4. The Hall–Kier alpha value is -2.75. The molecule has 0 radical (unpaired) electrons. The number of barbiturate groups is 1. The number of carboxylic acids is 1. The number of para-hydroxylation sites is 3. The van der Waals surface area contributed by atoms with E-state index in [0.717, 1.165) is 6.08 Å². The Morgan fingerprint density at radius 2 is 1.55 bits per heavy atom. The summed E-state index contributed by atoms with van der Waals surface area (Å²) in [5, 5.41) is 10.1. The first-order valence-corrected chi connectivity index (χ1v) is 13.5. The van der Waals surface area contributed by atoms with E-state index in [1.807, 2.05) is 0 Å². The second-order valence-corrected chi connectivity index (χ2v) is 10.6. The fourth-order valence-corrected chi connectivity index (χ4v) is 4.41. The third-order valence-electron chi connectivity index (χ3n) is 6.13. The van der Waals surface area contributed by atoms with E-state index < -0.39 is 51.3 Å². The van der Waals surface area contributed by atoms with E-state index in [-0.39, 0.29) is 77.8 Å². The number of hydrogen-bond donors (Lipinski definition) is 0. The fraction of sp³-hybridized carbons (Fsp3) is 0.185. The molecule has 208 valence electrons. The third kappa shape index (κ3) is 7.99. The van der Waals surface area contributed by atoms with E-state index in [2.05, 4.69) is 0 Å². The summed E-state index contributed by atoms with van der Waals surface area (Å²) >= 11 is 0. The van der Waals surface area contributed by atoms with Crippen LogP contribution in [0, 0.1) is 0 Å². The molecule has 0 aromatic heterocycles. The number of benzene rings is 2. The van der Waals surface area contributed by atoms with Crippen LogP contribution in [0.3, 0.4) is 0 Å². The zero-order chi connectivity index (χ0) is 29.0. The first-order chi connectivity index (χ1) is 19.0. The van der Waals surface area contributed by atoms with Crippen molar-refractivity contribution in [3.63, 3.8) is 0 Å². The summed E-state index contributed by atoms with van der Waals surface area (Å²) in [5.74, 6) is -2.91. The average molecular weight is 612 g/mol. The number of hydrogen-bond acceptors (Lipinski definition) is 10. The number of aliphatic carboxylic acids is 1. The van der Waals surface area contributed by atoms with Crippen LogP contribution in [0.25, 0.3) is 0 Å². The smallest absolute Gasteiger partial charge is 0.748 e. The molecule has 2 aromatic carbocycles. The number of imide groups is 2. The molecular formula is C27H23N3Na2O9S. The maximum Gasteiger partial charge on any atom is 1.00 e. The molecule has 4 rings (SSSR count). The van der Waals surface area contributed by atoms with Crippen molar-refractivity contribution in [2.24, 2.45) is 0 Å². The van der Waals surface area contributed by atoms with Gasteiger partial charge in [0.1, 0.15) is 5.57 Å². The number of ether oxygens (including phenoxy) is 1. The van der Waals surface area contributed by atoms with Gasteiger partial charge in [0.25, 0.3) is 11.8 Å². The zero-order valence-electron chi connectivity index (χ0n) is 23.1. The minimum atomic E-state index is -4.47. The molecule has 12 nitrogen and oxygen atoms in total. The molecule has 1 atom stereocenters. The van der Waals surface area contributed by atoms with E-state index in [0.29, 0.717) is 27.1 Å². The number of urea groups is 1. The average Bonchev–Trinajstić information content (AvgIpc) is 3.26. The number of allylic oxidation sites excluding steroid dienone is 4. The molecule has 0 spiro atoms. The topological polar surface area (TPSA) is 167 Å². The van der Waals surface area contributed by atoms with Crippen LogP contribution in [-0.2, 0) is 24.5 Å². The quantitative estimate of drug-likeness (QED) is 0.116. The molecule has 2 heterocycles. The standard InChI is InChI=1S/C27H25N3O9S.2Na/c1-18(40(36,37)38)15-16-28-21-12-6-7-13-22(21)39-23(28)14-8-5-11-20-25(33)29(17-24(31)32)27(35)30(26(20)34)19-9-3-2-4-10-19;;/h2-14,18H,15-17H2,1H3,(H,31,32)(H,36,37,38);;/q;2*+1/p-2/b8-5+,20-11+,23-14-;;. The van der Waals surface area contributed by atoms with Crippen LogP contribution in [0.15, 0.2) is 90.4 Å². The van der Waals surface area contributed by atoms with Crippen molar-refractivity contribution in [2.75, 3.05) is 22.9 Å². The van der Waals surface area contributed by atoms with Crippen molar-refractivity contribution in [2.45, 2.75) is 18.6 Å². The van der Waals surface area contributed by atoms with Crippen molar-refractivity contribution < 1.29 is 101 Å². The van der Waals surface area contributed by atoms with Crippen molar-refractivity contribution >= 4 is 45.3 Å².